The van der Waals surface area contributed by atoms with Crippen LogP contribution in [0.2, 0.25) is 0 Å². The fourth-order valence-electron chi connectivity index (χ4n) is 10.6. The van der Waals surface area contributed by atoms with Crippen LogP contribution in [0.25, 0.3) is 11.0 Å². The summed E-state index contributed by atoms with van der Waals surface area (Å²) in [4.78, 5) is 19.1. The van der Waals surface area contributed by atoms with Crippen molar-refractivity contribution in [2.24, 2.45) is 11.3 Å². The average molecular weight is 732 g/mol. The molecule has 0 amide bonds. The molecule has 4 aromatic rings. The summed E-state index contributed by atoms with van der Waals surface area (Å²) in [5.74, 6) is 0.864. The molecule has 5 aliphatic rings. The number of hydrogen-bond acceptors (Lipinski definition) is 7. The lowest BCUT2D eigenvalue weighted by molar-refractivity contribution is -0.00645. The summed E-state index contributed by atoms with van der Waals surface area (Å²) in [5, 5.41) is 4.96. The maximum atomic E-state index is 6.87. The lowest BCUT2D eigenvalue weighted by Crippen LogP contribution is -2.54. The zero-order chi connectivity index (χ0) is 35.8. The first-order valence-electron chi connectivity index (χ1n) is 21.3. The third kappa shape index (κ3) is 7.39. The number of piperidine rings is 1. The number of aromatic nitrogens is 2. The molecule has 2 aromatic carbocycles. The molecule has 5 heterocycles. The molecule has 4 fully saturated rings. The molecule has 2 aromatic heterocycles. The Bertz CT molecular complexity index is 1870. The first-order valence-corrected chi connectivity index (χ1v) is 22.1. The van der Waals surface area contributed by atoms with E-state index in [0.29, 0.717) is 5.41 Å². The number of aryl methyl sites for hydroxylation is 2. The lowest BCUT2D eigenvalue weighted by Gasteiger charge is -2.55. The summed E-state index contributed by atoms with van der Waals surface area (Å²) in [7, 11) is 0. The van der Waals surface area contributed by atoms with Crippen LogP contribution in [0.4, 0.5) is 28.4 Å². The van der Waals surface area contributed by atoms with Gasteiger partial charge in [-0.15, -0.1) is 0 Å². The van der Waals surface area contributed by atoms with Crippen molar-refractivity contribution in [2.45, 2.75) is 125 Å². The highest BCUT2D eigenvalue weighted by molar-refractivity contribution is 7.99. The van der Waals surface area contributed by atoms with E-state index in [0.717, 1.165) is 80.8 Å². The van der Waals surface area contributed by atoms with Crippen LogP contribution < -0.4 is 20.9 Å². The normalized spacial score (nSPS) is 21.2. The predicted molar refractivity (Wildman–Crippen MR) is 224 cm³/mol. The van der Waals surface area contributed by atoms with Gasteiger partial charge in [-0.05, 0) is 143 Å². The fourth-order valence-corrected chi connectivity index (χ4v) is 11.6. The molecule has 8 heteroatoms. The minimum absolute atomic E-state index is 0.577. The van der Waals surface area contributed by atoms with Crippen molar-refractivity contribution in [2.75, 3.05) is 60.1 Å². The van der Waals surface area contributed by atoms with Gasteiger partial charge >= 0.3 is 0 Å². The number of H-pyrrole nitrogens is 1. The molecule has 7 nitrogen and oxygen atoms in total. The van der Waals surface area contributed by atoms with Gasteiger partial charge in [0.05, 0.1) is 28.4 Å². The van der Waals surface area contributed by atoms with Crippen LogP contribution in [0.3, 0.4) is 0 Å². The number of hydrogen-bond donors (Lipinski definition) is 3. The molecule has 3 aliphatic heterocycles. The number of nitrogens with zero attached hydrogens (tertiary/aromatic N) is 4. The summed E-state index contributed by atoms with van der Waals surface area (Å²) in [6, 6.07) is 17.3. The van der Waals surface area contributed by atoms with E-state index < -0.39 is 0 Å². The number of pyridine rings is 1. The third-order valence-electron chi connectivity index (χ3n) is 13.8. The van der Waals surface area contributed by atoms with Gasteiger partial charge in [0, 0.05) is 59.3 Å². The average Bonchev–Trinajstić information content (AvgIpc) is 3.83. The van der Waals surface area contributed by atoms with E-state index in [1.165, 1.54) is 134 Å². The molecule has 9 rings (SSSR count). The number of benzene rings is 2. The second-order valence-electron chi connectivity index (χ2n) is 17.1. The lowest BCUT2D eigenvalue weighted by atomic mass is 9.60. The Kier molecular flexibility index (Phi) is 10.3. The number of nitrogens with one attached hydrogen (secondary N) is 2. The standard InChI is InChI=1S/C45H61N7S/c1-2-33-26-37(29-38(46)43(33)47-19-15-32-10-4-3-5-11-32)53-42-14-13-35(51-24-17-45(18-25-51)30-36(31-45)50-21-8-9-22-50)28-41(42)52-23-7-6-12-39-40(52)27-34-16-20-48-44(34)49-39/h13-14,16,20,26-29,32,36,47H,2-12,15,17-19,21-25,30-31,46H2,1H3,(H,48,49). The van der Waals surface area contributed by atoms with Crippen molar-refractivity contribution in [1.29, 1.82) is 0 Å². The molecule has 53 heavy (non-hydrogen) atoms. The van der Waals surface area contributed by atoms with Crippen LogP contribution in [0.5, 0.6) is 0 Å². The molecule has 0 radical (unpaired) electrons. The van der Waals surface area contributed by atoms with E-state index in [1.807, 2.05) is 18.0 Å². The number of aromatic amines is 1. The van der Waals surface area contributed by atoms with Crippen LogP contribution in [0.15, 0.2) is 58.5 Å². The summed E-state index contributed by atoms with van der Waals surface area (Å²) < 4.78 is 0. The summed E-state index contributed by atoms with van der Waals surface area (Å²) >= 11 is 1.87. The Morgan fingerprint density at radius 3 is 2.51 bits per heavy atom. The van der Waals surface area contributed by atoms with Gasteiger partial charge in [0.2, 0.25) is 0 Å². The van der Waals surface area contributed by atoms with Crippen LogP contribution in [-0.2, 0) is 12.8 Å². The predicted octanol–water partition coefficient (Wildman–Crippen LogP) is 10.6. The first kappa shape index (κ1) is 35.3. The van der Waals surface area contributed by atoms with Crippen LogP contribution in [0, 0.1) is 11.3 Å². The zero-order valence-corrected chi connectivity index (χ0v) is 32.9. The Hall–Kier alpha value is -3.36. The number of nitrogens with two attached hydrogens (primary N) is 1. The third-order valence-corrected chi connectivity index (χ3v) is 14.8. The van der Waals surface area contributed by atoms with Gasteiger partial charge in [-0.2, -0.15) is 0 Å². The van der Waals surface area contributed by atoms with Crippen molar-refractivity contribution in [3.05, 3.63) is 59.9 Å². The molecule has 2 saturated carbocycles. The molecule has 2 aliphatic carbocycles. The van der Waals surface area contributed by atoms with E-state index in [-0.39, 0.29) is 0 Å². The summed E-state index contributed by atoms with van der Waals surface area (Å²) in [6.07, 6.45) is 22.8. The van der Waals surface area contributed by atoms with Crippen molar-refractivity contribution in [3.63, 3.8) is 0 Å². The molecular weight excluding hydrogens is 671 g/mol. The minimum Gasteiger partial charge on any atom is -0.397 e. The topological polar surface area (TPSA) is 76.5 Å². The second-order valence-corrected chi connectivity index (χ2v) is 18.3. The van der Waals surface area contributed by atoms with Gasteiger partial charge in [-0.3, -0.25) is 0 Å². The molecular formula is C45H61N7S. The van der Waals surface area contributed by atoms with Crippen LogP contribution in [-0.4, -0.2) is 60.2 Å². The summed E-state index contributed by atoms with van der Waals surface area (Å²) in [6.45, 7) is 9.25. The molecule has 4 N–H and O–H groups in total. The van der Waals surface area contributed by atoms with Crippen LogP contribution >= 0.6 is 11.8 Å². The van der Waals surface area contributed by atoms with Gasteiger partial charge in [-0.25, -0.2) is 4.98 Å². The van der Waals surface area contributed by atoms with E-state index in [2.05, 4.69) is 74.4 Å². The van der Waals surface area contributed by atoms with E-state index >= 15 is 0 Å². The number of likely N-dealkylation sites (tertiary alicyclic amines) is 1. The maximum Gasteiger partial charge on any atom is 0.137 e. The Balaban J connectivity index is 0.989. The minimum atomic E-state index is 0.577. The van der Waals surface area contributed by atoms with Crippen molar-refractivity contribution < 1.29 is 0 Å². The van der Waals surface area contributed by atoms with Gasteiger partial charge in [0.1, 0.15) is 5.65 Å². The van der Waals surface area contributed by atoms with E-state index in [1.54, 1.807) is 0 Å². The largest absolute Gasteiger partial charge is 0.397 e. The van der Waals surface area contributed by atoms with Gasteiger partial charge in [-0.1, -0.05) is 50.8 Å². The first-order chi connectivity index (χ1) is 26.0. The smallest absolute Gasteiger partial charge is 0.137 e. The van der Waals surface area contributed by atoms with E-state index in [9.17, 15) is 0 Å². The molecule has 282 valence electrons. The van der Waals surface area contributed by atoms with Gasteiger partial charge < -0.3 is 30.7 Å². The Morgan fingerprint density at radius 2 is 1.70 bits per heavy atom. The van der Waals surface area contributed by atoms with Crippen molar-refractivity contribution in [3.8, 4) is 0 Å². The fraction of sp³-hybridized carbons (Fsp3) is 0.578. The molecule has 1 spiro atoms. The highest BCUT2D eigenvalue weighted by Crippen LogP contribution is 2.52. The Labute approximate surface area is 321 Å². The number of rotatable bonds is 10. The highest BCUT2D eigenvalue weighted by Gasteiger charge is 2.48. The molecule has 2 saturated heterocycles. The number of anilines is 5. The quantitative estimate of drug-likeness (QED) is 0.140. The monoisotopic (exact) mass is 731 g/mol. The van der Waals surface area contributed by atoms with Gasteiger partial charge in [0.15, 0.2) is 0 Å². The number of fused-ring (bicyclic) bond motifs is 2. The Morgan fingerprint density at radius 1 is 0.887 bits per heavy atom. The maximum absolute atomic E-state index is 6.87. The summed E-state index contributed by atoms with van der Waals surface area (Å²) in [5.41, 5.74) is 16.9. The second kappa shape index (κ2) is 15.4. The van der Waals surface area contributed by atoms with Gasteiger partial charge in [0.25, 0.3) is 0 Å². The van der Waals surface area contributed by atoms with Crippen molar-refractivity contribution >= 4 is 51.2 Å². The van der Waals surface area contributed by atoms with E-state index in [4.69, 9.17) is 10.7 Å². The highest BCUT2D eigenvalue weighted by atomic mass is 32.2. The van der Waals surface area contributed by atoms with Crippen LogP contribution in [0.1, 0.15) is 108 Å². The molecule has 0 unspecified atom stereocenters. The number of nitrogen functional groups attached to an aromatic ring is 1. The van der Waals surface area contributed by atoms with Crippen molar-refractivity contribution in [1.82, 2.24) is 14.9 Å². The zero-order valence-electron chi connectivity index (χ0n) is 32.1. The molecule has 0 atom stereocenters. The molecule has 0 bridgehead atoms. The SMILES string of the molecule is CCc1cc(Sc2ccc(N3CCC4(CC3)CC(N3CCCC3)C4)cc2N2CCCCc3nc4[nH]ccc4cc32)cc(N)c1NCCC1CCCCC1.